The third-order valence-electron chi connectivity index (χ3n) is 2.69. The zero-order valence-corrected chi connectivity index (χ0v) is 10.5. The predicted molar refractivity (Wildman–Crippen MR) is 72.4 cm³/mol. The molecule has 0 aliphatic carbocycles. The van der Waals surface area contributed by atoms with E-state index < -0.39 is 11.9 Å². The topological polar surface area (TPSA) is 80.4 Å². The summed E-state index contributed by atoms with van der Waals surface area (Å²) in [5, 5.41) is 9.41. The van der Waals surface area contributed by atoms with E-state index in [9.17, 15) is 9.59 Å². The summed E-state index contributed by atoms with van der Waals surface area (Å²) in [6.45, 7) is 0. The van der Waals surface area contributed by atoms with Crippen molar-refractivity contribution in [3.05, 3.63) is 58.6 Å². The summed E-state index contributed by atoms with van der Waals surface area (Å²) in [6, 6.07) is 11.5. The zero-order chi connectivity index (χ0) is 14.0. The van der Waals surface area contributed by atoms with Crippen molar-refractivity contribution in [2.24, 2.45) is 5.73 Å². The fourth-order valence-electron chi connectivity index (χ4n) is 1.90. The molecular weight excluding hydrogens is 266 g/mol. The lowest BCUT2D eigenvalue weighted by Crippen LogP contribution is -2.18. The van der Waals surface area contributed by atoms with Crippen LogP contribution in [0.2, 0.25) is 5.02 Å². The molecule has 96 valence electrons. The lowest BCUT2D eigenvalue weighted by Gasteiger charge is -2.12. The summed E-state index contributed by atoms with van der Waals surface area (Å²) in [4.78, 5) is 22.7. The average Bonchev–Trinajstić information content (AvgIpc) is 2.38. The molecule has 0 unspecified atom stereocenters. The van der Waals surface area contributed by atoms with E-state index >= 15 is 0 Å². The van der Waals surface area contributed by atoms with Crippen LogP contribution in [0.5, 0.6) is 0 Å². The van der Waals surface area contributed by atoms with Crippen molar-refractivity contribution >= 4 is 23.5 Å². The summed E-state index contributed by atoms with van der Waals surface area (Å²) < 4.78 is 0. The van der Waals surface area contributed by atoms with E-state index in [-0.39, 0.29) is 16.1 Å². The molecule has 5 heteroatoms. The molecule has 1 amide bonds. The molecule has 0 heterocycles. The smallest absolute Gasteiger partial charge is 0.336 e. The van der Waals surface area contributed by atoms with Crippen molar-refractivity contribution in [3.8, 4) is 11.1 Å². The molecule has 2 rings (SSSR count). The van der Waals surface area contributed by atoms with Crippen LogP contribution >= 0.6 is 11.6 Å². The Hall–Kier alpha value is -2.33. The van der Waals surface area contributed by atoms with Crippen LogP contribution < -0.4 is 5.73 Å². The third-order valence-corrected chi connectivity index (χ3v) is 3.01. The molecule has 0 atom stereocenters. The quantitative estimate of drug-likeness (QED) is 0.904. The van der Waals surface area contributed by atoms with Gasteiger partial charge in [-0.15, -0.1) is 0 Å². The first-order chi connectivity index (χ1) is 9.02. The van der Waals surface area contributed by atoms with Crippen molar-refractivity contribution in [3.63, 3.8) is 0 Å². The number of carboxylic acids is 1. The summed E-state index contributed by atoms with van der Waals surface area (Å²) in [5.41, 5.74) is 6.05. The number of primary amides is 1. The average molecular weight is 276 g/mol. The zero-order valence-electron chi connectivity index (χ0n) is 9.76. The highest BCUT2D eigenvalue weighted by molar-refractivity contribution is 6.34. The van der Waals surface area contributed by atoms with Crippen LogP contribution in [0, 0.1) is 0 Å². The van der Waals surface area contributed by atoms with Crippen molar-refractivity contribution in [1.82, 2.24) is 0 Å². The Morgan fingerprint density at radius 1 is 1.05 bits per heavy atom. The maximum absolute atomic E-state index is 11.6. The maximum atomic E-state index is 11.6. The Kier molecular flexibility index (Phi) is 3.53. The lowest BCUT2D eigenvalue weighted by molar-refractivity contribution is 0.0692. The number of hydrogen-bond acceptors (Lipinski definition) is 2. The van der Waals surface area contributed by atoms with Gasteiger partial charge < -0.3 is 10.8 Å². The highest BCUT2D eigenvalue weighted by Crippen LogP contribution is 2.33. The summed E-state index contributed by atoms with van der Waals surface area (Å²) >= 11 is 6.08. The molecule has 2 aromatic carbocycles. The van der Waals surface area contributed by atoms with Crippen LogP contribution in [0.4, 0.5) is 0 Å². The molecule has 19 heavy (non-hydrogen) atoms. The molecule has 0 spiro atoms. The standard InChI is InChI=1S/C14H10ClNO3/c15-10-7-6-9(14(18)19)12(13(16)17)11(10)8-4-2-1-3-5-8/h1-7H,(H2,16,17)(H,18,19). The molecule has 0 aliphatic heterocycles. The number of halogens is 1. The van der Waals surface area contributed by atoms with E-state index in [1.165, 1.54) is 12.1 Å². The normalized spacial score (nSPS) is 10.2. The van der Waals surface area contributed by atoms with E-state index in [0.29, 0.717) is 11.1 Å². The molecule has 0 saturated carbocycles. The van der Waals surface area contributed by atoms with Crippen molar-refractivity contribution < 1.29 is 14.7 Å². The Balaban J connectivity index is 2.82. The van der Waals surface area contributed by atoms with E-state index in [0.717, 1.165) is 0 Å². The second-order valence-electron chi connectivity index (χ2n) is 3.88. The minimum Gasteiger partial charge on any atom is -0.478 e. The van der Waals surface area contributed by atoms with Crippen LogP contribution in [-0.2, 0) is 0 Å². The van der Waals surface area contributed by atoms with Gasteiger partial charge in [0.25, 0.3) is 0 Å². The SMILES string of the molecule is NC(=O)c1c(C(=O)O)ccc(Cl)c1-c1ccccc1. The number of nitrogens with two attached hydrogens (primary N) is 1. The van der Waals surface area contributed by atoms with Gasteiger partial charge in [0, 0.05) is 10.6 Å². The number of carbonyl (C=O) groups excluding carboxylic acids is 1. The Labute approximate surface area is 114 Å². The number of amides is 1. The van der Waals surface area contributed by atoms with Gasteiger partial charge in [-0.1, -0.05) is 41.9 Å². The first kappa shape index (κ1) is 13.1. The van der Waals surface area contributed by atoms with Crippen molar-refractivity contribution in [2.45, 2.75) is 0 Å². The van der Waals surface area contributed by atoms with Gasteiger partial charge in [0.2, 0.25) is 5.91 Å². The first-order valence-electron chi connectivity index (χ1n) is 5.43. The minimum absolute atomic E-state index is 0.0776. The van der Waals surface area contributed by atoms with Gasteiger partial charge in [0.1, 0.15) is 0 Å². The highest BCUT2D eigenvalue weighted by Gasteiger charge is 2.21. The third kappa shape index (κ3) is 2.44. The molecule has 0 fully saturated rings. The van der Waals surface area contributed by atoms with Gasteiger partial charge in [0.15, 0.2) is 0 Å². The second kappa shape index (κ2) is 5.12. The summed E-state index contributed by atoms with van der Waals surface area (Å²) in [5.74, 6) is -2.04. The molecule has 2 aromatic rings. The largest absolute Gasteiger partial charge is 0.478 e. The van der Waals surface area contributed by atoms with Crippen LogP contribution in [0.15, 0.2) is 42.5 Å². The molecule has 4 nitrogen and oxygen atoms in total. The number of carbonyl (C=O) groups is 2. The van der Waals surface area contributed by atoms with Crippen molar-refractivity contribution in [2.75, 3.05) is 0 Å². The van der Waals surface area contributed by atoms with E-state index in [1.54, 1.807) is 24.3 Å². The number of carboxylic acid groups (broad SMARTS) is 1. The van der Waals surface area contributed by atoms with E-state index in [1.807, 2.05) is 6.07 Å². The van der Waals surface area contributed by atoms with E-state index in [2.05, 4.69) is 0 Å². The fraction of sp³-hybridized carbons (Fsp3) is 0. The summed E-state index contributed by atoms with van der Waals surface area (Å²) in [6.07, 6.45) is 0. The number of aromatic carboxylic acids is 1. The number of benzene rings is 2. The van der Waals surface area contributed by atoms with Gasteiger partial charge in [-0.3, -0.25) is 4.79 Å². The van der Waals surface area contributed by atoms with Crippen LogP contribution in [0.3, 0.4) is 0 Å². The van der Waals surface area contributed by atoms with Gasteiger partial charge >= 0.3 is 5.97 Å². The minimum atomic E-state index is -1.22. The van der Waals surface area contributed by atoms with E-state index in [4.69, 9.17) is 22.4 Å². The lowest BCUT2D eigenvalue weighted by atomic mass is 9.95. The molecule has 0 radical (unpaired) electrons. The van der Waals surface area contributed by atoms with Crippen molar-refractivity contribution in [1.29, 1.82) is 0 Å². The van der Waals surface area contributed by atoms with Gasteiger partial charge in [-0.2, -0.15) is 0 Å². The fourth-order valence-corrected chi connectivity index (χ4v) is 2.17. The molecule has 3 N–H and O–H groups in total. The Morgan fingerprint density at radius 3 is 2.21 bits per heavy atom. The van der Waals surface area contributed by atoms with Gasteiger partial charge in [-0.25, -0.2) is 4.79 Å². The van der Waals surface area contributed by atoms with Gasteiger partial charge in [-0.05, 0) is 17.7 Å². The molecule has 0 aromatic heterocycles. The predicted octanol–water partition coefficient (Wildman–Crippen LogP) is 2.80. The first-order valence-corrected chi connectivity index (χ1v) is 5.81. The van der Waals surface area contributed by atoms with Gasteiger partial charge in [0.05, 0.1) is 11.1 Å². The molecule has 0 aliphatic rings. The summed E-state index contributed by atoms with van der Waals surface area (Å²) in [7, 11) is 0. The maximum Gasteiger partial charge on any atom is 0.336 e. The second-order valence-corrected chi connectivity index (χ2v) is 4.29. The Bertz CT molecular complexity index is 653. The van der Waals surface area contributed by atoms with Crippen LogP contribution in [0.25, 0.3) is 11.1 Å². The highest BCUT2D eigenvalue weighted by atomic mass is 35.5. The molecule has 0 saturated heterocycles. The molecule has 0 bridgehead atoms. The number of hydrogen-bond donors (Lipinski definition) is 2. The van der Waals surface area contributed by atoms with Crippen LogP contribution in [0.1, 0.15) is 20.7 Å². The van der Waals surface area contributed by atoms with Crippen LogP contribution in [-0.4, -0.2) is 17.0 Å². The monoisotopic (exact) mass is 275 g/mol. The number of rotatable bonds is 3. The Morgan fingerprint density at radius 2 is 1.68 bits per heavy atom. The molecular formula is C14H10ClNO3.